The number of thiophene rings is 4. The van der Waals surface area contributed by atoms with Crippen LogP contribution in [0.15, 0.2) is 192 Å². The number of amides is 5. The lowest BCUT2D eigenvalue weighted by atomic mass is 10.1. The quantitative estimate of drug-likeness (QED) is 0.0240. The van der Waals surface area contributed by atoms with E-state index >= 15 is 0 Å². The first-order valence-corrected chi connectivity index (χ1v) is 42.9. The highest BCUT2D eigenvalue weighted by Gasteiger charge is 2.29. The third-order valence-electron chi connectivity index (χ3n) is 17.1. The Morgan fingerprint density at radius 2 is 0.798 bits per heavy atom. The van der Waals surface area contributed by atoms with E-state index in [1.54, 1.807) is 117 Å². The van der Waals surface area contributed by atoms with E-state index in [4.69, 9.17) is 98.7 Å². The molecule has 0 saturated heterocycles. The van der Waals surface area contributed by atoms with E-state index in [0.29, 0.717) is 109 Å². The number of aromatic nitrogens is 8. The molecule has 652 valence electrons. The van der Waals surface area contributed by atoms with Gasteiger partial charge in [-0.3, -0.25) is 23.5 Å². The molecule has 0 saturated carbocycles. The van der Waals surface area contributed by atoms with Crippen LogP contribution in [0.3, 0.4) is 0 Å². The van der Waals surface area contributed by atoms with Crippen LogP contribution in [0.5, 0.6) is 46.0 Å². The normalized spacial score (nSPS) is 13.1. The summed E-state index contributed by atoms with van der Waals surface area (Å²) in [7, 11) is 0. The number of hydrogen-bond acceptors (Lipinski definition) is 29. The largest absolute Gasteiger partial charge is 0.480 e. The highest BCUT2D eigenvalue weighted by atomic mass is 35.5. The molecular weight excluding hydrogens is 1740 g/mol. The fourth-order valence-electron chi connectivity index (χ4n) is 11.3. The maximum Gasteiger partial charge on any atom is 0.408 e. The molecule has 4 aromatic carbocycles. The molecule has 11 N–H and O–H groups in total. The SMILES string of the molecule is CC(C)(C)OC(=O)N[C@@H](Cc1cccs1)C(=O)NCc1ccc2c(c1)OCO2.CC(C)(C)OC(=O)N[C@@H](Cc1cccs1)C(=O)O.Clc1cc(Cl)nc(-n2ccnc2)n1.NCc1ccc2c(c1)OCO2.N[C@@H](Cc1cccs1)C(=O)NCc1ccc2c(c1)OCO2.O=C(NCc1ccc2c(c1)OCO2)[C@H](Cc1cccs1)Nc1cc(Cl)nc(-n2ccnc2)n1. The number of rotatable bonds is 25. The van der Waals surface area contributed by atoms with Gasteiger partial charge in [0.1, 0.15) is 63.3 Å². The van der Waals surface area contributed by atoms with Gasteiger partial charge in [0.25, 0.3) is 0 Å². The number of carboxylic acids is 1. The zero-order valence-electron chi connectivity index (χ0n) is 67.7. The Balaban J connectivity index is 0.000000150. The van der Waals surface area contributed by atoms with Crippen LogP contribution in [-0.2, 0) is 80.5 Å². The van der Waals surface area contributed by atoms with Crippen LogP contribution in [0.25, 0.3) is 11.9 Å². The van der Waals surface area contributed by atoms with Crippen molar-refractivity contribution in [1.29, 1.82) is 0 Å². The number of fused-ring (bicyclic) bond motifs is 4. The number of ether oxygens (including phenoxy) is 10. The van der Waals surface area contributed by atoms with Crippen LogP contribution in [0.4, 0.5) is 15.4 Å². The summed E-state index contributed by atoms with van der Waals surface area (Å²) in [4.78, 5) is 101. The zero-order valence-corrected chi connectivity index (χ0v) is 73.3. The maximum absolute atomic E-state index is 13.2. The van der Waals surface area contributed by atoms with Gasteiger partial charge in [-0.2, -0.15) is 4.98 Å². The Morgan fingerprint density at radius 1 is 0.452 bits per heavy atom. The van der Waals surface area contributed by atoms with Gasteiger partial charge in [0.2, 0.25) is 56.8 Å². The summed E-state index contributed by atoms with van der Waals surface area (Å²) in [5.74, 6) is 5.33. The molecule has 0 unspecified atom stereocenters. The fraction of sp³-hybridized carbons (Fsp3) is 0.286. The van der Waals surface area contributed by atoms with Gasteiger partial charge in [-0.1, -0.05) is 83.3 Å². The molecule has 124 heavy (non-hydrogen) atoms. The molecule has 0 spiro atoms. The number of carboxylic acid groups (broad SMARTS) is 1. The van der Waals surface area contributed by atoms with Crippen LogP contribution in [0, 0.1) is 0 Å². The molecule has 4 atom stereocenters. The summed E-state index contributed by atoms with van der Waals surface area (Å²) >= 11 is 23.8. The Hall–Kier alpha value is -12.3. The predicted octanol–water partition coefficient (Wildman–Crippen LogP) is 13.4. The number of halogens is 3. The van der Waals surface area contributed by atoms with Gasteiger partial charge in [-0.15, -0.1) is 45.3 Å². The van der Waals surface area contributed by atoms with Gasteiger partial charge >= 0.3 is 18.2 Å². The molecule has 12 aromatic rings. The van der Waals surface area contributed by atoms with Crippen LogP contribution in [0.1, 0.15) is 83.3 Å². The summed E-state index contributed by atoms with van der Waals surface area (Å²) in [5.41, 5.74) is 13.9. The number of nitrogens with zero attached hydrogens (tertiary/aromatic N) is 8. The minimum atomic E-state index is -1.07. The van der Waals surface area contributed by atoms with Crippen molar-refractivity contribution in [2.45, 2.75) is 129 Å². The minimum absolute atomic E-state index is 0.152. The van der Waals surface area contributed by atoms with Crippen molar-refractivity contribution in [3.8, 4) is 57.9 Å². The van der Waals surface area contributed by atoms with E-state index in [-0.39, 0.29) is 49.7 Å². The second-order valence-electron chi connectivity index (χ2n) is 28.9. The van der Waals surface area contributed by atoms with Gasteiger partial charge in [-0.05, 0) is 158 Å². The summed E-state index contributed by atoms with van der Waals surface area (Å²) in [5, 5.41) is 34.7. The standard InChI is InChI=1S/C22H19ClN6O3S.C20H24N2O5S.C15H16N2O3S.C12H17NO4S.C8H9NO2.C7H4Cl2N4/c23-19-10-20(28-22(27-19)29-6-5-24-12-29)26-16(9-15-2-1-7-33-15)21(30)25-11-14-3-4-17-18(8-14)32-13-31-17;1-20(2,3)27-19(24)22-15(10-14-5-4-8-28-14)18(23)21-11-13-6-7-16-17(9-13)26-12-25-16;16-12(7-11-2-1-5-21-11)15(18)17-8-10-3-4-13-14(6-10)20-9-19-13;1-12(2,3)17-11(16)13-9(10(14)15)7-8-5-4-6-18-8;9-4-6-1-2-7-8(3-6)11-5-10-7;8-5-3-6(9)12-7(11-5)13-2-1-10-4-13/h1-8,10,12,16H,9,11,13H2,(H,25,30)(H,26,27,28);4-9,15H,10-12H2,1-3H3,(H,21,23)(H,22,24);1-6,12H,7-9,16H2,(H,17,18);4-6,9H,7H2,1-3H3,(H,13,16)(H,14,15);1-3H,4-5,9H2;1-4H/t16-;15-;12-;9-;;/m0000../s1. The molecule has 8 aromatic heterocycles. The fourth-order valence-corrected chi connectivity index (χ4v) is 14.9. The number of hydrogen-bond donors (Lipinski definition) is 9. The number of carbonyl (C=O) groups is 6. The molecule has 0 aliphatic carbocycles. The van der Waals surface area contributed by atoms with Crippen LogP contribution < -0.4 is 81.3 Å². The topological polar surface area (TPSA) is 426 Å². The number of imidazole rings is 2. The van der Waals surface area contributed by atoms with E-state index in [0.717, 1.165) is 59.0 Å². The molecule has 4 aliphatic heterocycles. The third kappa shape index (κ3) is 29.7. The van der Waals surface area contributed by atoms with Gasteiger partial charge in [0.15, 0.2) is 46.0 Å². The average molecular weight is 1830 g/mol. The Bertz CT molecular complexity index is 5440. The Morgan fingerprint density at radius 3 is 1.18 bits per heavy atom. The van der Waals surface area contributed by atoms with Gasteiger partial charge < -0.3 is 95.8 Å². The van der Waals surface area contributed by atoms with Crippen LogP contribution in [0.2, 0.25) is 15.5 Å². The van der Waals surface area contributed by atoms with E-state index in [2.05, 4.69) is 61.8 Å². The monoisotopic (exact) mass is 1830 g/mol. The molecule has 16 rings (SSSR count). The first kappa shape index (κ1) is 92.4. The molecule has 0 fully saturated rings. The lowest BCUT2D eigenvalue weighted by Gasteiger charge is -2.23. The first-order valence-electron chi connectivity index (χ1n) is 38.2. The lowest BCUT2D eigenvalue weighted by Crippen LogP contribution is -2.49. The van der Waals surface area contributed by atoms with Gasteiger partial charge in [-0.25, -0.2) is 39.3 Å². The highest BCUT2D eigenvalue weighted by Crippen LogP contribution is 2.36. The first-order chi connectivity index (χ1) is 59.6. The number of alkyl carbamates (subject to hydrolysis) is 2. The molecule has 4 aliphatic rings. The Kier molecular flexibility index (Phi) is 33.7. The predicted molar refractivity (Wildman–Crippen MR) is 468 cm³/mol. The summed E-state index contributed by atoms with van der Waals surface area (Å²) in [6.45, 7) is 13.1. The van der Waals surface area contributed by atoms with E-state index in [1.165, 1.54) is 28.7 Å². The molecule has 12 heterocycles. The molecular formula is C84H89Cl3N16O17S4. The summed E-state index contributed by atoms with van der Waals surface area (Å²) in [6, 6.07) is 38.1. The summed E-state index contributed by atoms with van der Waals surface area (Å²) < 4.78 is 55.8. The maximum atomic E-state index is 13.2. The van der Waals surface area contributed by atoms with Crippen molar-refractivity contribution >= 4 is 122 Å². The van der Waals surface area contributed by atoms with Crippen molar-refractivity contribution in [1.82, 2.24) is 65.6 Å². The second kappa shape index (κ2) is 45.2. The van der Waals surface area contributed by atoms with Crippen molar-refractivity contribution in [3.05, 3.63) is 250 Å². The van der Waals surface area contributed by atoms with E-state index in [9.17, 15) is 28.8 Å². The highest BCUT2D eigenvalue weighted by molar-refractivity contribution is 7.10. The third-order valence-corrected chi connectivity index (χ3v) is 21.3. The molecule has 0 bridgehead atoms. The average Bonchev–Trinajstić information content (AvgIpc) is 1.04. The minimum Gasteiger partial charge on any atom is -0.480 e. The molecule has 5 amide bonds. The lowest BCUT2D eigenvalue weighted by molar-refractivity contribution is -0.139. The molecule has 33 nitrogen and oxygen atoms in total. The second-order valence-corrected chi connectivity index (χ2v) is 34.2. The molecule has 0 radical (unpaired) electrons. The van der Waals surface area contributed by atoms with Crippen molar-refractivity contribution in [3.63, 3.8) is 0 Å². The van der Waals surface area contributed by atoms with Crippen LogP contribution >= 0.6 is 80.1 Å². The summed E-state index contributed by atoms with van der Waals surface area (Å²) in [6.07, 6.45) is 10.2. The smallest absolute Gasteiger partial charge is 0.408 e. The van der Waals surface area contributed by atoms with Gasteiger partial charge in [0, 0.05) is 108 Å². The zero-order chi connectivity index (χ0) is 88.1. The number of carbonyl (C=O) groups excluding carboxylic acids is 5. The van der Waals surface area contributed by atoms with Crippen molar-refractivity contribution in [2.24, 2.45) is 11.5 Å². The van der Waals surface area contributed by atoms with E-state index < -0.39 is 53.5 Å². The van der Waals surface area contributed by atoms with Crippen LogP contribution in [-0.4, -0.2) is 143 Å². The van der Waals surface area contributed by atoms with Gasteiger partial charge in [0.05, 0.1) is 6.04 Å². The van der Waals surface area contributed by atoms with Crippen molar-refractivity contribution < 1.29 is 81.2 Å². The number of aliphatic carboxylic acids is 1. The molecule has 40 heteroatoms. The number of nitrogens with one attached hydrogen (secondary N) is 6. The number of anilines is 1. The Labute approximate surface area is 744 Å². The number of benzene rings is 4. The number of nitrogens with two attached hydrogens (primary N) is 2. The van der Waals surface area contributed by atoms with E-state index in [1.807, 2.05) is 143 Å². The van der Waals surface area contributed by atoms with Crippen molar-refractivity contribution in [2.75, 3.05) is 32.5 Å².